The van der Waals surface area contributed by atoms with E-state index in [2.05, 4.69) is 20.6 Å². The Hall–Kier alpha value is -2.05. The van der Waals surface area contributed by atoms with Crippen LogP contribution in [0.3, 0.4) is 0 Å². The molecule has 7 heteroatoms. The van der Waals surface area contributed by atoms with Crippen molar-refractivity contribution < 1.29 is 4.79 Å². The van der Waals surface area contributed by atoms with Crippen LogP contribution in [0.4, 0.5) is 17.5 Å². The standard InChI is InChI=1S/C8H9N5O2/c9-7-11-4-3(5(14)12-7)10-6(15)8(13-4)1-2-8/h1-2H2,(H,10,15)(H4,9,11,12,13,14). The number of aromatic amines is 1. The number of nitrogens with one attached hydrogen (secondary N) is 3. The number of fused-ring (bicyclic) bond motifs is 1. The van der Waals surface area contributed by atoms with Gasteiger partial charge in [0.2, 0.25) is 11.9 Å². The molecule has 2 aliphatic rings. The van der Waals surface area contributed by atoms with Crippen LogP contribution < -0.4 is 21.9 Å². The highest BCUT2D eigenvalue weighted by Crippen LogP contribution is 2.43. The maximum atomic E-state index is 11.6. The lowest BCUT2D eigenvalue weighted by Gasteiger charge is -2.24. The third-order valence-corrected chi connectivity index (χ3v) is 2.72. The average Bonchev–Trinajstić information content (AvgIpc) is 2.90. The van der Waals surface area contributed by atoms with Gasteiger partial charge in [-0.25, -0.2) is 0 Å². The molecular formula is C8H9N5O2. The van der Waals surface area contributed by atoms with E-state index in [0.29, 0.717) is 5.82 Å². The quantitative estimate of drug-likeness (QED) is 0.447. The molecule has 0 radical (unpaired) electrons. The third kappa shape index (κ3) is 1.03. The molecule has 1 aliphatic heterocycles. The number of nitrogens with zero attached hydrogens (tertiary/aromatic N) is 1. The van der Waals surface area contributed by atoms with Crippen molar-refractivity contribution in [2.45, 2.75) is 18.4 Å². The molecule has 0 saturated heterocycles. The number of hydrogen-bond donors (Lipinski definition) is 4. The minimum atomic E-state index is -0.555. The summed E-state index contributed by atoms with van der Waals surface area (Å²) in [6.45, 7) is 0. The Labute approximate surface area is 84.1 Å². The molecule has 1 amide bonds. The van der Waals surface area contributed by atoms with Crippen molar-refractivity contribution in [2.24, 2.45) is 0 Å². The van der Waals surface area contributed by atoms with Gasteiger partial charge in [0.25, 0.3) is 5.56 Å². The molecule has 1 saturated carbocycles. The third-order valence-electron chi connectivity index (χ3n) is 2.72. The van der Waals surface area contributed by atoms with E-state index in [1.54, 1.807) is 0 Å². The molecule has 1 spiro atoms. The lowest BCUT2D eigenvalue weighted by molar-refractivity contribution is -0.117. The number of rotatable bonds is 0. The van der Waals surface area contributed by atoms with Gasteiger partial charge in [0.05, 0.1) is 0 Å². The van der Waals surface area contributed by atoms with Crippen LogP contribution in [-0.4, -0.2) is 21.4 Å². The van der Waals surface area contributed by atoms with Gasteiger partial charge in [-0.2, -0.15) is 4.98 Å². The van der Waals surface area contributed by atoms with Gasteiger partial charge in [0.1, 0.15) is 5.54 Å². The summed E-state index contributed by atoms with van der Waals surface area (Å²) >= 11 is 0. The number of aromatic nitrogens is 2. The molecule has 3 rings (SSSR count). The summed E-state index contributed by atoms with van der Waals surface area (Å²) in [6, 6.07) is 0. The van der Waals surface area contributed by atoms with Crippen molar-refractivity contribution in [3.63, 3.8) is 0 Å². The Bertz CT molecular complexity index is 516. The Morgan fingerprint density at radius 1 is 1.33 bits per heavy atom. The molecule has 0 bridgehead atoms. The number of anilines is 3. The summed E-state index contributed by atoms with van der Waals surface area (Å²) in [5, 5.41) is 5.50. The summed E-state index contributed by atoms with van der Waals surface area (Å²) in [6.07, 6.45) is 1.51. The molecule has 15 heavy (non-hydrogen) atoms. The van der Waals surface area contributed by atoms with Gasteiger partial charge in [0, 0.05) is 0 Å². The Morgan fingerprint density at radius 2 is 2.07 bits per heavy atom. The second-order valence-corrected chi connectivity index (χ2v) is 3.84. The molecule has 78 valence electrons. The Kier molecular flexibility index (Phi) is 1.27. The van der Waals surface area contributed by atoms with E-state index in [1.807, 2.05) is 0 Å². The van der Waals surface area contributed by atoms with E-state index >= 15 is 0 Å². The van der Waals surface area contributed by atoms with Crippen LogP contribution in [0.2, 0.25) is 0 Å². The van der Waals surface area contributed by atoms with Gasteiger partial charge in [-0.15, -0.1) is 0 Å². The van der Waals surface area contributed by atoms with Crippen molar-refractivity contribution in [3.05, 3.63) is 10.4 Å². The van der Waals surface area contributed by atoms with E-state index in [1.165, 1.54) is 0 Å². The predicted molar refractivity (Wildman–Crippen MR) is 53.5 cm³/mol. The van der Waals surface area contributed by atoms with Crippen LogP contribution in [0.25, 0.3) is 0 Å². The lowest BCUT2D eigenvalue weighted by Crippen LogP contribution is -2.43. The van der Waals surface area contributed by atoms with Crippen molar-refractivity contribution in [3.8, 4) is 0 Å². The normalized spacial score (nSPS) is 20.4. The zero-order valence-electron chi connectivity index (χ0n) is 7.76. The maximum Gasteiger partial charge on any atom is 0.278 e. The van der Waals surface area contributed by atoms with Gasteiger partial charge in [-0.05, 0) is 12.8 Å². The van der Waals surface area contributed by atoms with Gasteiger partial charge in [-0.1, -0.05) is 0 Å². The SMILES string of the molecule is Nc1nc2c(c(=O)[nH]1)NC(=O)C1(CC1)N2. The summed E-state index contributed by atoms with van der Waals surface area (Å²) in [7, 11) is 0. The minimum Gasteiger partial charge on any atom is -0.369 e. The van der Waals surface area contributed by atoms with Gasteiger partial charge in [0.15, 0.2) is 11.5 Å². The number of carbonyl (C=O) groups is 1. The van der Waals surface area contributed by atoms with E-state index in [9.17, 15) is 9.59 Å². The first kappa shape index (κ1) is 8.27. The summed E-state index contributed by atoms with van der Waals surface area (Å²) in [5.41, 5.74) is 4.56. The monoisotopic (exact) mass is 207 g/mol. The van der Waals surface area contributed by atoms with Crippen molar-refractivity contribution in [2.75, 3.05) is 16.4 Å². The van der Waals surface area contributed by atoms with E-state index in [0.717, 1.165) is 12.8 Å². The molecule has 1 aromatic heterocycles. The summed E-state index contributed by atoms with van der Waals surface area (Å²) in [5.74, 6) is 0.221. The second-order valence-electron chi connectivity index (χ2n) is 3.84. The summed E-state index contributed by atoms with van der Waals surface area (Å²) < 4.78 is 0. The lowest BCUT2D eigenvalue weighted by atomic mass is 10.2. The molecule has 1 aromatic rings. The van der Waals surface area contributed by atoms with Crippen molar-refractivity contribution in [1.82, 2.24) is 9.97 Å². The number of nitrogen functional groups attached to an aromatic ring is 1. The highest BCUT2D eigenvalue weighted by Gasteiger charge is 2.53. The molecule has 1 fully saturated rings. The smallest absolute Gasteiger partial charge is 0.278 e. The summed E-state index contributed by atoms with van der Waals surface area (Å²) in [4.78, 5) is 29.3. The highest BCUT2D eigenvalue weighted by molar-refractivity contribution is 6.07. The van der Waals surface area contributed by atoms with Crippen LogP contribution >= 0.6 is 0 Å². The van der Waals surface area contributed by atoms with Crippen molar-refractivity contribution >= 4 is 23.4 Å². The van der Waals surface area contributed by atoms with Crippen LogP contribution in [0, 0.1) is 0 Å². The fourth-order valence-electron chi connectivity index (χ4n) is 1.69. The van der Waals surface area contributed by atoms with Crippen LogP contribution in [-0.2, 0) is 4.79 Å². The van der Waals surface area contributed by atoms with Crippen LogP contribution in [0.5, 0.6) is 0 Å². The topological polar surface area (TPSA) is 113 Å². The minimum absolute atomic E-state index is 0.0400. The molecule has 0 aromatic carbocycles. The van der Waals surface area contributed by atoms with E-state index in [4.69, 9.17) is 5.73 Å². The zero-order valence-corrected chi connectivity index (χ0v) is 7.76. The molecular weight excluding hydrogens is 198 g/mol. The van der Waals surface area contributed by atoms with Crippen LogP contribution in [0.15, 0.2) is 4.79 Å². The largest absolute Gasteiger partial charge is 0.369 e. The predicted octanol–water partition coefficient (Wildman–Crippen LogP) is -0.751. The Morgan fingerprint density at radius 3 is 2.73 bits per heavy atom. The second kappa shape index (κ2) is 2.30. The molecule has 5 N–H and O–H groups in total. The van der Waals surface area contributed by atoms with Gasteiger partial charge >= 0.3 is 0 Å². The average molecular weight is 207 g/mol. The van der Waals surface area contributed by atoms with Gasteiger partial charge < -0.3 is 16.4 Å². The first-order valence-electron chi connectivity index (χ1n) is 4.60. The molecule has 7 nitrogen and oxygen atoms in total. The van der Waals surface area contributed by atoms with E-state index < -0.39 is 11.1 Å². The number of amides is 1. The fraction of sp³-hybridized carbons (Fsp3) is 0.375. The zero-order chi connectivity index (χ0) is 10.6. The highest BCUT2D eigenvalue weighted by atomic mass is 16.2. The fourth-order valence-corrected chi connectivity index (χ4v) is 1.69. The molecule has 2 heterocycles. The number of carbonyl (C=O) groups excluding carboxylic acids is 1. The first-order chi connectivity index (χ1) is 7.11. The number of H-pyrrole nitrogens is 1. The molecule has 1 aliphatic carbocycles. The molecule has 0 atom stereocenters. The molecule has 0 unspecified atom stereocenters. The Balaban J connectivity index is 2.16. The van der Waals surface area contributed by atoms with Crippen LogP contribution in [0.1, 0.15) is 12.8 Å². The number of hydrogen-bond acceptors (Lipinski definition) is 5. The first-order valence-corrected chi connectivity index (χ1v) is 4.60. The number of nitrogens with two attached hydrogens (primary N) is 1. The van der Waals surface area contributed by atoms with Gasteiger partial charge in [-0.3, -0.25) is 14.6 Å². The van der Waals surface area contributed by atoms with Crippen molar-refractivity contribution in [1.29, 1.82) is 0 Å². The van der Waals surface area contributed by atoms with E-state index in [-0.39, 0.29) is 17.5 Å². The maximum absolute atomic E-state index is 11.6.